The summed E-state index contributed by atoms with van der Waals surface area (Å²) in [6, 6.07) is 10.7. The Kier molecular flexibility index (Phi) is 10.0. The zero-order chi connectivity index (χ0) is 26.0. The summed E-state index contributed by atoms with van der Waals surface area (Å²) in [6.07, 6.45) is 1.20. The van der Waals surface area contributed by atoms with Gasteiger partial charge in [0.25, 0.3) is 11.8 Å². The number of benzene rings is 2. The van der Waals surface area contributed by atoms with Gasteiger partial charge in [-0.15, -0.1) is 0 Å². The predicted molar refractivity (Wildman–Crippen MR) is 130 cm³/mol. The fourth-order valence-corrected chi connectivity index (χ4v) is 3.16. The zero-order valence-corrected chi connectivity index (χ0v) is 20.3. The number of nitrogens with two attached hydrogens (primary N) is 2. The molecule has 2 rings (SSSR count). The van der Waals surface area contributed by atoms with E-state index in [1.165, 1.54) is 27.5 Å². The van der Waals surface area contributed by atoms with Gasteiger partial charge in [0.2, 0.25) is 5.75 Å². The second-order valence-corrected chi connectivity index (χ2v) is 7.48. The van der Waals surface area contributed by atoms with Crippen molar-refractivity contribution in [3.63, 3.8) is 0 Å². The molecular weight excluding hydrogens is 476 g/mol. The van der Waals surface area contributed by atoms with Crippen molar-refractivity contribution in [2.75, 3.05) is 34.4 Å². The molecular formula is C23H27ClN6O5. The van der Waals surface area contributed by atoms with Crippen LogP contribution in [-0.2, 0) is 4.79 Å². The Bertz CT molecular complexity index is 1120. The van der Waals surface area contributed by atoms with Crippen molar-refractivity contribution in [2.24, 2.45) is 11.6 Å². The van der Waals surface area contributed by atoms with E-state index in [1.807, 2.05) is 6.07 Å². The smallest absolute Gasteiger partial charge is 0.270 e. The molecule has 0 heterocycles. The van der Waals surface area contributed by atoms with Crippen LogP contribution in [0.4, 0.5) is 0 Å². The highest BCUT2D eigenvalue weighted by molar-refractivity contribution is 6.30. The quantitative estimate of drug-likeness (QED) is 0.202. The monoisotopic (exact) mass is 502 g/mol. The molecule has 0 fully saturated rings. The summed E-state index contributed by atoms with van der Waals surface area (Å²) in [5, 5.41) is 16.2. The van der Waals surface area contributed by atoms with E-state index < -0.39 is 17.9 Å². The molecule has 1 atom stereocenters. The first-order valence-corrected chi connectivity index (χ1v) is 10.6. The van der Waals surface area contributed by atoms with Gasteiger partial charge in [-0.1, -0.05) is 23.7 Å². The number of nitrogens with zero attached hydrogens (tertiary/aromatic N) is 2. The molecule has 0 saturated heterocycles. The molecule has 0 bridgehead atoms. The Labute approximate surface area is 208 Å². The third-order valence-electron chi connectivity index (χ3n) is 4.78. The van der Waals surface area contributed by atoms with Crippen LogP contribution < -0.4 is 36.4 Å². The van der Waals surface area contributed by atoms with Crippen molar-refractivity contribution >= 4 is 23.4 Å². The Morgan fingerprint density at radius 1 is 1.11 bits per heavy atom. The molecule has 2 aromatic rings. The number of hydrogen-bond acceptors (Lipinski definition) is 9. The minimum atomic E-state index is -0.923. The van der Waals surface area contributed by atoms with Gasteiger partial charge in [-0.3, -0.25) is 9.59 Å². The van der Waals surface area contributed by atoms with E-state index >= 15 is 0 Å². The molecule has 2 amide bonds. The van der Waals surface area contributed by atoms with Crippen LogP contribution in [-0.4, -0.2) is 51.2 Å². The zero-order valence-electron chi connectivity index (χ0n) is 19.5. The maximum atomic E-state index is 12.6. The third kappa shape index (κ3) is 7.17. The lowest BCUT2D eigenvalue weighted by Crippen LogP contribution is -2.38. The van der Waals surface area contributed by atoms with Crippen molar-refractivity contribution in [2.45, 2.75) is 6.04 Å². The third-order valence-corrected chi connectivity index (χ3v) is 5.03. The summed E-state index contributed by atoms with van der Waals surface area (Å²) < 4.78 is 15.8. The molecule has 0 saturated carbocycles. The van der Waals surface area contributed by atoms with Crippen molar-refractivity contribution in [3.05, 3.63) is 64.4 Å². The summed E-state index contributed by atoms with van der Waals surface area (Å²) in [4.78, 5) is 25.0. The molecule has 35 heavy (non-hydrogen) atoms. The van der Waals surface area contributed by atoms with Crippen LogP contribution in [0.5, 0.6) is 17.2 Å². The number of hydrazine groups is 1. The van der Waals surface area contributed by atoms with Gasteiger partial charge in [-0.2, -0.15) is 5.26 Å². The highest BCUT2D eigenvalue weighted by Gasteiger charge is 2.20. The van der Waals surface area contributed by atoms with Crippen molar-refractivity contribution < 1.29 is 23.8 Å². The molecule has 6 N–H and O–H groups in total. The minimum Gasteiger partial charge on any atom is -0.493 e. The average molecular weight is 503 g/mol. The van der Waals surface area contributed by atoms with Crippen LogP contribution in [0.25, 0.3) is 0 Å². The maximum absolute atomic E-state index is 12.6. The van der Waals surface area contributed by atoms with Gasteiger partial charge >= 0.3 is 0 Å². The topological polar surface area (TPSA) is 165 Å². The molecule has 0 aromatic heterocycles. The fourth-order valence-electron chi connectivity index (χ4n) is 3.04. The molecule has 2 aromatic carbocycles. The molecule has 11 nitrogen and oxygen atoms in total. The van der Waals surface area contributed by atoms with E-state index in [2.05, 4.69) is 10.6 Å². The number of methoxy groups -OCH3 is 3. The highest BCUT2D eigenvalue weighted by Crippen LogP contribution is 2.39. The summed E-state index contributed by atoms with van der Waals surface area (Å²) in [5.74, 6) is 5.70. The summed E-state index contributed by atoms with van der Waals surface area (Å²) in [7, 11) is 4.33. The van der Waals surface area contributed by atoms with Gasteiger partial charge in [0.15, 0.2) is 11.5 Å². The average Bonchev–Trinajstić information content (AvgIpc) is 2.86. The van der Waals surface area contributed by atoms with Crippen LogP contribution in [0.3, 0.4) is 0 Å². The standard InChI is InChI=1S/C23H27ClN6O5/c1-33-19-9-8-16(20(34-2)21(19)35-3)22(31)28-10-11-30(27)13-17(26)23(32)29-18(12-25)14-4-6-15(24)7-5-14/h4-9,13,18H,10-11,26-27H2,1-3H3,(H,28,31)(H,29,32)/b17-13-. The van der Waals surface area contributed by atoms with E-state index in [4.69, 9.17) is 37.4 Å². The summed E-state index contributed by atoms with van der Waals surface area (Å²) in [6.45, 7) is 0.262. The van der Waals surface area contributed by atoms with Crippen LogP contribution in [0.15, 0.2) is 48.3 Å². The second-order valence-electron chi connectivity index (χ2n) is 7.05. The van der Waals surface area contributed by atoms with Gasteiger partial charge in [0.1, 0.15) is 11.7 Å². The number of halogens is 1. The molecule has 12 heteroatoms. The van der Waals surface area contributed by atoms with Gasteiger partial charge in [0.05, 0.1) is 39.5 Å². The van der Waals surface area contributed by atoms with Gasteiger partial charge in [-0.25, -0.2) is 5.84 Å². The van der Waals surface area contributed by atoms with Crippen molar-refractivity contribution in [3.8, 4) is 23.3 Å². The number of rotatable bonds is 11. The fraction of sp³-hybridized carbons (Fsp3) is 0.261. The van der Waals surface area contributed by atoms with Gasteiger partial charge < -0.3 is 35.6 Å². The minimum absolute atomic E-state index is 0.129. The Hall–Kier alpha value is -4.14. The summed E-state index contributed by atoms with van der Waals surface area (Å²) >= 11 is 5.85. The number of nitrogens with one attached hydrogen (secondary N) is 2. The maximum Gasteiger partial charge on any atom is 0.270 e. The first kappa shape index (κ1) is 27.1. The van der Waals surface area contributed by atoms with Crippen LogP contribution in [0.1, 0.15) is 22.0 Å². The SMILES string of the molecule is COc1ccc(C(=O)NCCN(N)/C=C(\N)C(=O)NC(C#N)c2ccc(Cl)cc2)c(OC)c1OC. The highest BCUT2D eigenvalue weighted by atomic mass is 35.5. The van der Waals surface area contributed by atoms with E-state index in [0.29, 0.717) is 22.1 Å². The lowest BCUT2D eigenvalue weighted by molar-refractivity contribution is -0.118. The van der Waals surface area contributed by atoms with E-state index in [1.54, 1.807) is 36.4 Å². The molecule has 0 radical (unpaired) electrons. The Morgan fingerprint density at radius 2 is 1.77 bits per heavy atom. The first-order chi connectivity index (χ1) is 16.7. The Balaban J connectivity index is 1.95. The molecule has 0 spiro atoms. The number of hydrogen-bond donors (Lipinski definition) is 4. The van der Waals surface area contributed by atoms with E-state index in [-0.39, 0.29) is 30.1 Å². The lowest BCUT2D eigenvalue weighted by Gasteiger charge is -2.18. The normalized spacial score (nSPS) is 11.6. The van der Waals surface area contributed by atoms with Gasteiger partial charge in [0, 0.05) is 17.8 Å². The molecule has 1 unspecified atom stereocenters. The van der Waals surface area contributed by atoms with Crippen molar-refractivity contribution in [1.29, 1.82) is 5.26 Å². The van der Waals surface area contributed by atoms with E-state index in [0.717, 1.165) is 5.01 Å². The predicted octanol–water partition coefficient (Wildman–Crippen LogP) is 1.45. The molecule has 0 aliphatic heterocycles. The molecule has 0 aliphatic carbocycles. The molecule has 186 valence electrons. The van der Waals surface area contributed by atoms with Crippen LogP contribution in [0.2, 0.25) is 5.02 Å². The van der Waals surface area contributed by atoms with Crippen LogP contribution in [0, 0.1) is 11.3 Å². The second kappa shape index (κ2) is 12.9. The van der Waals surface area contributed by atoms with Gasteiger partial charge in [-0.05, 0) is 29.8 Å². The lowest BCUT2D eigenvalue weighted by atomic mass is 10.1. The Morgan fingerprint density at radius 3 is 2.34 bits per heavy atom. The van der Waals surface area contributed by atoms with Crippen LogP contribution >= 0.6 is 11.6 Å². The largest absolute Gasteiger partial charge is 0.493 e. The number of nitriles is 1. The number of carbonyl (C=O) groups excluding carboxylic acids is 2. The summed E-state index contributed by atoms with van der Waals surface area (Å²) in [5.41, 5.74) is 6.39. The number of carbonyl (C=O) groups is 2. The molecule has 0 aliphatic rings. The first-order valence-electron chi connectivity index (χ1n) is 10.3. The number of amides is 2. The van der Waals surface area contributed by atoms with Crippen molar-refractivity contribution in [1.82, 2.24) is 15.6 Å². The van der Waals surface area contributed by atoms with E-state index in [9.17, 15) is 14.9 Å². The number of ether oxygens (including phenoxy) is 3.